The van der Waals surface area contributed by atoms with Gasteiger partial charge in [-0.1, -0.05) is 19.1 Å². The van der Waals surface area contributed by atoms with Crippen LogP contribution in [0.2, 0.25) is 0 Å². The van der Waals surface area contributed by atoms with Crippen molar-refractivity contribution in [2.24, 2.45) is 0 Å². The minimum Gasteiger partial charge on any atom is -0.352 e. The third-order valence-electron chi connectivity index (χ3n) is 5.62. The van der Waals surface area contributed by atoms with Gasteiger partial charge in [0.05, 0.1) is 6.42 Å². The summed E-state index contributed by atoms with van der Waals surface area (Å²) in [5.74, 6) is 0.637. The molecule has 0 radical (unpaired) electrons. The normalized spacial score (nSPS) is 16.4. The summed E-state index contributed by atoms with van der Waals surface area (Å²) >= 11 is 0. The van der Waals surface area contributed by atoms with Crippen LogP contribution in [-0.4, -0.2) is 39.8 Å². The number of hydrogen-bond acceptors (Lipinski definition) is 4. The molecule has 2 amide bonds. The van der Waals surface area contributed by atoms with E-state index in [4.69, 9.17) is 0 Å². The number of halogens is 1. The Kier molecular flexibility index (Phi) is 7.13. The highest BCUT2D eigenvalue weighted by Crippen LogP contribution is 2.26. The van der Waals surface area contributed by atoms with Gasteiger partial charge in [0, 0.05) is 48.9 Å². The van der Waals surface area contributed by atoms with Gasteiger partial charge >= 0.3 is 0 Å². The first kappa shape index (κ1) is 21.9. The summed E-state index contributed by atoms with van der Waals surface area (Å²) in [7, 11) is 0. The number of rotatable bonds is 6. The Labute approximate surface area is 176 Å². The maximum absolute atomic E-state index is 13.0. The van der Waals surface area contributed by atoms with Gasteiger partial charge in [0.1, 0.15) is 11.6 Å². The Morgan fingerprint density at radius 1 is 1.17 bits per heavy atom. The zero-order chi connectivity index (χ0) is 21.7. The van der Waals surface area contributed by atoms with Gasteiger partial charge in [-0.2, -0.15) is 0 Å². The molecule has 1 aromatic heterocycles. The third kappa shape index (κ3) is 5.40. The average molecular weight is 413 g/mol. The van der Waals surface area contributed by atoms with Gasteiger partial charge < -0.3 is 10.2 Å². The molecule has 1 saturated heterocycles. The van der Waals surface area contributed by atoms with E-state index in [1.807, 2.05) is 25.7 Å². The van der Waals surface area contributed by atoms with E-state index in [2.05, 4.69) is 15.3 Å². The van der Waals surface area contributed by atoms with Crippen LogP contribution in [0.5, 0.6) is 0 Å². The molecule has 1 aromatic carbocycles. The number of nitrogens with one attached hydrogen (secondary N) is 1. The van der Waals surface area contributed by atoms with Gasteiger partial charge in [-0.15, -0.1) is 0 Å². The molecular formula is C23H29FN4O2. The van der Waals surface area contributed by atoms with Crippen LogP contribution in [0.1, 0.15) is 60.4 Å². The molecule has 1 N–H and O–H groups in total. The van der Waals surface area contributed by atoms with E-state index in [0.29, 0.717) is 19.5 Å². The van der Waals surface area contributed by atoms with E-state index < -0.39 is 0 Å². The summed E-state index contributed by atoms with van der Waals surface area (Å²) < 4.78 is 13.0. The van der Waals surface area contributed by atoms with Crippen molar-refractivity contribution in [1.82, 2.24) is 20.2 Å². The highest BCUT2D eigenvalue weighted by atomic mass is 19.1. The largest absolute Gasteiger partial charge is 0.352 e. The summed E-state index contributed by atoms with van der Waals surface area (Å²) in [5.41, 5.74) is 3.27. The zero-order valence-corrected chi connectivity index (χ0v) is 17.9. The molecule has 0 spiro atoms. The average Bonchev–Trinajstić information content (AvgIpc) is 2.75. The number of benzene rings is 1. The van der Waals surface area contributed by atoms with E-state index in [9.17, 15) is 14.0 Å². The molecule has 3 rings (SSSR count). The van der Waals surface area contributed by atoms with E-state index in [1.54, 1.807) is 12.1 Å². The molecule has 1 aliphatic heterocycles. The molecule has 2 heterocycles. The van der Waals surface area contributed by atoms with Crippen LogP contribution < -0.4 is 5.32 Å². The summed E-state index contributed by atoms with van der Waals surface area (Å²) in [6.45, 7) is 7.49. The lowest BCUT2D eigenvalue weighted by atomic mass is 9.96. The second-order valence-electron chi connectivity index (χ2n) is 7.84. The monoisotopic (exact) mass is 412 g/mol. The second kappa shape index (κ2) is 9.78. The van der Waals surface area contributed by atoms with Gasteiger partial charge in [0.2, 0.25) is 11.8 Å². The minimum atomic E-state index is -0.297. The topological polar surface area (TPSA) is 75.2 Å². The summed E-state index contributed by atoms with van der Waals surface area (Å²) in [6.07, 6.45) is 2.62. The van der Waals surface area contributed by atoms with Crippen molar-refractivity contribution in [2.75, 3.05) is 13.1 Å². The number of hydrogen-bond donors (Lipinski definition) is 1. The van der Waals surface area contributed by atoms with Crippen molar-refractivity contribution in [3.63, 3.8) is 0 Å². The Hall–Kier alpha value is -2.83. The van der Waals surface area contributed by atoms with Crippen LogP contribution in [0, 0.1) is 19.7 Å². The lowest BCUT2D eigenvalue weighted by Gasteiger charge is -2.32. The van der Waals surface area contributed by atoms with Crippen LogP contribution in [0.3, 0.4) is 0 Å². The lowest BCUT2D eigenvalue weighted by Crippen LogP contribution is -2.39. The van der Waals surface area contributed by atoms with Crippen LogP contribution in [0.25, 0.3) is 0 Å². The lowest BCUT2D eigenvalue weighted by molar-refractivity contribution is -0.132. The first-order valence-corrected chi connectivity index (χ1v) is 10.5. The van der Waals surface area contributed by atoms with Gasteiger partial charge in [-0.05, 0) is 44.4 Å². The van der Waals surface area contributed by atoms with Gasteiger partial charge in [0.15, 0.2) is 0 Å². The molecular weight excluding hydrogens is 383 g/mol. The smallest absolute Gasteiger partial charge is 0.224 e. The van der Waals surface area contributed by atoms with Crippen molar-refractivity contribution in [2.45, 2.75) is 58.9 Å². The van der Waals surface area contributed by atoms with Crippen LogP contribution in [-0.2, 0) is 22.6 Å². The summed E-state index contributed by atoms with van der Waals surface area (Å²) in [4.78, 5) is 35.7. The molecule has 160 valence electrons. The molecule has 0 saturated carbocycles. The highest BCUT2D eigenvalue weighted by molar-refractivity contribution is 5.79. The third-order valence-corrected chi connectivity index (χ3v) is 5.62. The van der Waals surface area contributed by atoms with Gasteiger partial charge in [-0.3, -0.25) is 9.59 Å². The second-order valence-corrected chi connectivity index (χ2v) is 7.84. The Balaban J connectivity index is 1.64. The number of carbonyl (C=O) groups excluding carboxylic acids is 2. The summed E-state index contributed by atoms with van der Waals surface area (Å²) in [5, 5.41) is 2.86. The number of aryl methyl sites for hydroxylation is 2. The maximum atomic E-state index is 13.0. The van der Waals surface area contributed by atoms with Crippen molar-refractivity contribution in [3.05, 3.63) is 58.4 Å². The SMILES string of the molecule is CCC(=O)N1CCC[C@H](c2nc(C)c(CC(=O)NCc3ccc(F)cc3)c(C)n2)C1. The van der Waals surface area contributed by atoms with Crippen molar-refractivity contribution < 1.29 is 14.0 Å². The molecule has 0 bridgehead atoms. The van der Waals surface area contributed by atoms with E-state index in [1.165, 1.54) is 12.1 Å². The highest BCUT2D eigenvalue weighted by Gasteiger charge is 2.26. The molecule has 1 fully saturated rings. The fraction of sp³-hybridized carbons (Fsp3) is 0.478. The number of nitrogens with zero attached hydrogens (tertiary/aromatic N) is 3. The summed E-state index contributed by atoms with van der Waals surface area (Å²) in [6, 6.07) is 6.06. The number of piperidine rings is 1. The molecule has 1 atom stereocenters. The minimum absolute atomic E-state index is 0.126. The van der Waals surface area contributed by atoms with Crippen molar-refractivity contribution >= 4 is 11.8 Å². The molecule has 0 aliphatic carbocycles. The maximum Gasteiger partial charge on any atom is 0.224 e. The predicted molar refractivity (Wildman–Crippen MR) is 112 cm³/mol. The standard InChI is InChI=1S/C23H29FN4O2/c1-4-22(30)28-11-5-6-18(14-28)23-26-15(2)20(16(3)27-23)12-21(29)25-13-17-7-9-19(24)10-8-17/h7-10,18H,4-6,11-14H2,1-3H3,(H,25,29)/t18-/m0/s1. The molecule has 2 aromatic rings. The number of amides is 2. The Morgan fingerprint density at radius 3 is 2.47 bits per heavy atom. The fourth-order valence-electron chi connectivity index (χ4n) is 3.87. The molecule has 7 heteroatoms. The number of aromatic nitrogens is 2. The van der Waals surface area contributed by atoms with E-state index >= 15 is 0 Å². The van der Waals surface area contributed by atoms with Gasteiger partial charge in [0.25, 0.3) is 0 Å². The molecule has 1 aliphatic rings. The number of likely N-dealkylation sites (tertiary alicyclic amines) is 1. The molecule has 6 nitrogen and oxygen atoms in total. The van der Waals surface area contributed by atoms with E-state index in [0.717, 1.165) is 47.7 Å². The molecule has 30 heavy (non-hydrogen) atoms. The molecule has 0 unspecified atom stereocenters. The van der Waals surface area contributed by atoms with E-state index in [-0.39, 0.29) is 30.0 Å². The zero-order valence-electron chi connectivity index (χ0n) is 17.9. The Morgan fingerprint density at radius 2 is 1.83 bits per heavy atom. The van der Waals surface area contributed by atoms with Crippen LogP contribution in [0.4, 0.5) is 4.39 Å². The fourth-order valence-corrected chi connectivity index (χ4v) is 3.87. The Bertz CT molecular complexity index is 891. The van der Waals surface area contributed by atoms with Crippen molar-refractivity contribution in [3.8, 4) is 0 Å². The first-order chi connectivity index (χ1) is 14.4. The quantitative estimate of drug-likeness (QED) is 0.791. The predicted octanol–water partition coefficient (Wildman–Crippen LogP) is 3.21. The van der Waals surface area contributed by atoms with Crippen LogP contribution in [0.15, 0.2) is 24.3 Å². The van der Waals surface area contributed by atoms with Crippen molar-refractivity contribution in [1.29, 1.82) is 0 Å². The van der Waals surface area contributed by atoms with Crippen LogP contribution >= 0.6 is 0 Å². The number of carbonyl (C=O) groups is 2. The van der Waals surface area contributed by atoms with Gasteiger partial charge in [-0.25, -0.2) is 14.4 Å². The first-order valence-electron chi connectivity index (χ1n) is 10.5.